The number of carbonyl (C=O) groups is 2. The van der Waals surface area contributed by atoms with E-state index in [2.05, 4.69) is 29.0 Å². The van der Waals surface area contributed by atoms with Crippen molar-refractivity contribution in [2.75, 3.05) is 33.8 Å². The van der Waals surface area contributed by atoms with Crippen molar-refractivity contribution >= 4 is 23.2 Å². The summed E-state index contributed by atoms with van der Waals surface area (Å²) < 4.78 is 4.85. The van der Waals surface area contributed by atoms with Crippen LogP contribution in [0.1, 0.15) is 41.1 Å². The van der Waals surface area contributed by atoms with Crippen molar-refractivity contribution in [2.45, 2.75) is 20.8 Å². The number of ether oxygens (including phenoxy) is 1. The van der Waals surface area contributed by atoms with Gasteiger partial charge in [-0.25, -0.2) is 9.78 Å². The van der Waals surface area contributed by atoms with E-state index in [0.717, 1.165) is 17.9 Å². The highest BCUT2D eigenvalue weighted by Gasteiger charge is 2.22. The Hall–Kier alpha value is -1.47. The lowest BCUT2D eigenvalue weighted by molar-refractivity contribution is 0.0526. The first-order valence-electron chi connectivity index (χ1n) is 6.81. The van der Waals surface area contributed by atoms with Crippen molar-refractivity contribution in [1.82, 2.24) is 15.2 Å². The van der Waals surface area contributed by atoms with E-state index in [9.17, 15) is 9.59 Å². The van der Waals surface area contributed by atoms with E-state index in [1.165, 1.54) is 0 Å². The van der Waals surface area contributed by atoms with Gasteiger partial charge < -0.3 is 15.0 Å². The molecule has 1 aromatic rings. The molecule has 0 aliphatic rings. The summed E-state index contributed by atoms with van der Waals surface area (Å²) in [7, 11) is 3.99. The molecule has 0 saturated carbocycles. The van der Waals surface area contributed by atoms with Crippen molar-refractivity contribution in [3.63, 3.8) is 0 Å². The Bertz CT molecular complexity index is 497. The SMILES string of the molecule is CCOC(=O)c1nc(C(=O)NCC(C)(C)CN(C)C)cs1. The zero-order valence-corrected chi connectivity index (χ0v) is 14.0. The molecule has 0 unspecified atom stereocenters. The summed E-state index contributed by atoms with van der Waals surface area (Å²) >= 11 is 1.12. The molecular weight excluding hydrogens is 290 g/mol. The molecule has 1 amide bonds. The predicted molar refractivity (Wildman–Crippen MR) is 82.7 cm³/mol. The number of amides is 1. The smallest absolute Gasteiger partial charge is 0.367 e. The van der Waals surface area contributed by atoms with E-state index < -0.39 is 5.97 Å². The second-order valence-electron chi connectivity index (χ2n) is 5.84. The average molecular weight is 313 g/mol. The number of aromatic nitrogens is 1. The van der Waals surface area contributed by atoms with Crippen LogP contribution in [0.5, 0.6) is 0 Å². The van der Waals surface area contributed by atoms with Crippen LogP contribution in [0.3, 0.4) is 0 Å². The average Bonchev–Trinajstić information content (AvgIpc) is 2.84. The van der Waals surface area contributed by atoms with Crippen LogP contribution in [0.4, 0.5) is 0 Å². The fraction of sp³-hybridized carbons (Fsp3) is 0.643. The quantitative estimate of drug-likeness (QED) is 0.775. The number of nitrogens with zero attached hydrogens (tertiary/aromatic N) is 2. The molecule has 118 valence electrons. The summed E-state index contributed by atoms with van der Waals surface area (Å²) in [4.78, 5) is 29.6. The van der Waals surface area contributed by atoms with Gasteiger partial charge in [-0.15, -0.1) is 11.3 Å². The van der Waals surface area contributed by atoms with Gasteiger partial charge in [0, 0.05) is 18.5 Å². The molecule has 0 bridgehead atoms. The first-order valence-corrected chi connectivity index (χ1v) is 7.68. The molecule has 1 rings (SSSR count). The summed E-state index contributed by atoms with van der Waals surface area (Å²) in [6.45, 7) is 7.58. The van der Waals surface area contributed by atoms with Crippen LogP contribution >= 0.6 is 11.3 Å². The number of thiazole rings is 1. The van der Waals surface area contributed by atoms with Crippen molar-refractivity contribution in [1.29, 1.82) is 0 Å². The number of hydrogen-bond acceptors (Lipinski definition) is 6. The van der Waals surface area contributed by atoms with E-state index in [-0.39, 0.29) is 22.0 Å². The van der Waals surface area contributed by atoms with Crippen LogP contribution in [0.15, 0.2) is 5.38 Å². The largest absolute Gasteiger partial charge is 0.461 e. The lowest BCUT2D eigenvalue weighted by Crippen LogP contribution is -2.40. The number of hydrogen-bond donors (Lipinski definition) is 1. The Balaban J connectivity index is 2.58. The van der Waals surface area contributed by atoms with Gasteiger partial charge in [-0.1, -0.05) is 13.8 Å². The van der Waals surface area contributed by atoms with E-state index in [1.54, 1.807) is 12.3 Å². The molecule has 21 heavy (non-hydrogen) atoms. The Morgan fingerprint density at radius 2 is 2.10 bits per heavy atom. The van der Waals surface area contributed by atoms with Crippen LogP contribution in [-0.4, -0.2) is 55.6 Å². The van der Waals surface area contributed by atoms with E-state index in [1.807, 2.05) is 14.1 Å². The third kappa shape index (κ3) is 5.81. The Kier molecular flexibility index (Phi) is 6.29. The van der Waals surface area contributed by atoms with Gasteiger partial charge in [0.1, 0.15) is 5.69 Å². The third-order valence-electron chi connectivity index (χ3n) is 2.66. The molecule has 0 radical (unpaired) electrons. The number of esters is 1. The van der Waals surface area contributed by atoms with Gasteiger partial charge in [0.25, 0.3) is 5.91 Å². The van der Waals surface area contributed by atoms with Crippen molar-refractivity contribution in [2.24, 2.45) is 5.41 Å². The maximum absolute atomic E-state index is 12.0. The molecule has 1 aromatic heterocycles. The van der Waals surface area contributed by atoms with Crippen molar-refractivity contribution < 1.29 is 14.3 Å². The normalized spacial score (nSPS) is 11.5. The lowest BCUT2D eigenvalue weighted by Gasteiger charge is -2.28. The molecule has 0 spiro atoms. The van der Waals surface area contributed by atoms with Gasteiger partial charge in [0.05, 0.1) is 6.61 Å². The van der Waals surface area contributed by atoms with Crippen molar-refractivity contribution in [3.8, 4) is 0 Å². The highest BCUT2D eigenvalue weighted by molar-refractivity contribution is 7.11. The number of nitrogens with one attached hydrogen (secondary N) is 1. The van der Waals surface area contributed by atoms with E-state index >= 15 is 0 Å². The molecule has 6 nitrogen and oxygen atoms in total. The van der Waals surface area contributed by atoms with E-state index in [4.69, 9.17) is 4.74 Å². The highest BCUT2D eigenvalue weighted by atomic mass is 32.1. The Labute approximate surface area is 129 Å². The van der Waals surface area contributed by atoms with Crippen LogP contribution < -0.4 is 5.32 Å². The van der Waals surface area contributed by atoms with Gasteiger partial charge in [0.15, 0.2) is 0 Å². The van der Waals surface area contributed by atoms with Crippen LogP contribution in [-0.2, 0) is 4.74 Å². The van der Waals surface area contributed by atoms with Gasteiger partial charge in [0.2, 0.25) is 5.01 Å². The summed E-state index contributed by atoms with van der Waals surface area (Å²) in [6.07, 6.45) is 0. The minimum absolute atomic E-state index is 0.0425. The minimum Gasteiger partial charge on any atom is -0.461 e. The third-order valence-corrected chi connectivity index (χ3v) is 3.48. The summed E-state index contributed by atoms with van der Waals surface area (Å²) in [5.41, 5.74) is 0.211. The molecule has 7 heteroatoms. The maximum Gasteiger partial charge on any atom is 0.367 e. The minimum atomic E-state index is -0.491. The monoisotopic (exact) mass is 313 g/mol. The second kappa shape index (κ2) is 7.51. The van der Waals surface area contributed by atoms with Crippen LogP contribution in [0.2, 0.25) is 0 Å². The zero-order valence-electron chi connectivity index (χ0n) is 13.2. The molecule has 1 heterocycles. The molecule has 0 saturated heterocycles. The molecule has 0 fully saturated rings. The van der Waals surface area contributed by atoms with Gasteiger partial charge in [-0.05, 0) is 26.4 Å². The summed E-state index contributed by atoms with van der Waals surface area (Å²) in [6, 6.07) is 0. The fourth-order valence-electron chi connectivity index (χ4n) is 1.99. The topological polar surface area (TPSA) is 71.5 Å². The van der Waals surface area contributed by atoms with E-state index in [0.29, 0.717) is 13.2 Å². The standard InChI is InChI=1S/C14H23N3O3S/c1-6-20-13(19)12-16-10(7-21-12)11(18)15-8-14(2,3)9-17(4)5/h7H,6,8-9H2,1-5H3,(H,15,18). The Morgan fingerprint density at radius 3 is 2.67 bits per heavy atom. The molecule has 0 aliphatic carbocycles. The lowest BCUT2D eigenvalue weighted by atomic mass is 9.93. The number of rotatable bonds is 7. The second-order valence-corrected chi connectivity index (χ2v) is 6.70. The molecule has 0 atom stereocenters. The number of carbonyl (C=O) groups excluding carboxylic acids is 2. The van der Waals surface area contributed by atoms with Crippen molar-refractivity contribution in [3.05, 3.63) is 16.1 Å². The summed E-state index contributed by atoms with van der Waals surface area (Å²) in [5, 5.41) is 4.63. The first kappa shape index (κ1) is 17.6. The molecule has 0 aromatic carbocycles. The first-order chi connectivity index (χ1) is 9.75. The van der Waals surface area contributed by atoms with Gasteiger partial charge in [-0.3, -0.25) is 4.79 Å². The zero-order chi connectivity index (χ0) is 16.0. The maximum atomic E-state index is 12.0. The predicted octanol–water partition coefficient (Wildman–Crippen LogP) is 1.64. The summed E-state index contributed by atoms with van der Waals surface area (Å²) in [5.74, 6) is -0.761. The van der Waals surface area contributed by atoms with Gasteiger partial charge >= 0.3 is 5.97 Å². The molecule has 1 N–H and O–H groups in total. The Morgan fingerprint density at radius 1 is 1.43 bits per heavy atom. The van der Waals surface area contributed by atoms with Crippen LogP contribution in [0, 0.1) is 5.41 Å². The fourth-order valence-corrected chi connectivity index (χ4v) is 2.68. The van der Waals surface area contributed by atoms with Gasteiger partial charge in [-0.2, -0.15) is 0 Å². The van der Waals surface area contributed by atoms with Crippen LogP contribution in [0.25, 0.3) is 0 Å². The molecular formula is C14H23N3O3S. The molecule has 0 aliphatic heterocycles. The highest BCUT2D eigenvalue weighted by Crippen LogP contribution is 2.15.